The molecule has 1 aliphatic heterocycles. The SMILES string of the molecule is CCCCCC1Cc2ccc(CCc3ccc(CCC)cc3)c(F)c2OC1=O. The zero-order valence-electron chi connectivity index (χ0n) is 17.1. The highest BCUT2D eigenvalue weighted by molar-refractivity contribution is 5.78. The van der Waals surface area contributed by atoms with Gasteiger partial charge in [0.2, 0.25) is 0 Å². The van der Waals surface area contributed by atoms with Gasteiger partial charge in [0.1, 0.15) is 0 Å². The summed E-state index contributed by atoms with van der Waals surface area (Å²) in [5, 5.41) is 0. The van der Waals surface area contributed by atoms with Crippen molar-refractivity contribution in [2.24, 2.45) is 5.92 Å². The fourth-order valence-electron chi connectivity index (χ4n) is 3.93. The molecule has 0 saturated carbocycles. The van der Waals surface area contributed by atoms with Crippen molar-refractivity contribution in [3.63, 3.8) is 0 Å². The van der Waals surface area contributed by atoms with Crippen LogP contribution in [0.3, 0.4) is 0 Å². The number of carbonyl (C=O) groups is 1. The molecule has 0 amide bonds. The minimum Gasteiger partial charge on any atom is -0.423 e. The molecule has 0 radical (unpaired) electrons. The van der Waals surface area contributed by atoms with Crippen molar-refractivity contribution in [1.29, 1.82) is 0 Å². The number of halogens is 1. The van der Waals surface area contributed by atoms with Gasteiger partial charge in [-0.25, -0.2) is 4.39 Å². The Balaban J connectivity index is 1.65. The molecule has 2 aromatic rings. The van der Waals surface area contributed by atoms with E-state index in [1.807, 2.05) is 12.1 Å². The van der Waals surface area contributed by atoms with Crippen LogP contribution in [0.25, 0.3) is 0 Å². The number of hydrogen-bond acceptors (Lipinski definition) is 2. The normalized spacial score (nSPS) is 16.0. The Hall–Kier alpha value is -2.16. The van der Waals surface area contributed by atoms with Crippen LogP contribution in [0.4, 0.5) is 4.39 Å². The van der Waals surface area contributed by atoms with Gasteiger partial charge in [0.15, 0.2) is 11.6 Å². The quantitative estimate of drug-likeness (QED) is 0.292. The van der Waals surface area contributed by atoms with E-state index >= 15 is 0 Å². The second-order valence-electron chi connectivity index (χ2n) is 7.91. The minimum absolute atomic E-state index is 0.133. The van der Waals surface area contributed by atoms with Crippen molar-refractivity contribution < 1.29 is 13.9 Å². The molecule has 3 rings (SSSR count). The van der Waals surface area contributed by atoms with Crippen molar-refractivity contribution in [2.75, 3.05) is 0 Å². The molecule has 0 fully saturated rings. The fraction of sp³-hybridized carbons (Fsp3) is 0.480. The third kappa shape index (κ3) is 5.01. The monoisotopic (exact) mass is 382 g/mol. The molecule has 0 spiro atoms. The lowest BCUT2D eigenvalue weighted by Gasteiger charge is -2.24. The third-order valence-electron chi connectivity index (χ3n) is 5.66. The van der Waals surface area contributed by atoms with E-state index in [-0.39, 0.29) is 23.5 Å². The Labute approximate surface area is 168 Å². The van der Waals surface area contributed by atoms with Gasteiger partial charge in [0.25, 0.3) is 0 Å². The van der Waals surface area contributed by atoms with E-state index in [1.165, 1.54) is 11.1 Å². The number of fused-ring (bicyclic) bond motifs is 1. The highest BCUT2D eigenvalue weighted by atomic mass is 19.1. The smallest absolute Gasteiger partial charge is 0.314 e. The van der Waals surface area contributed by atoms with Crippen LogP contribution >= 0.6 is 0 Å². The summed E-state index contributed by atoms with van der Waals surface area (Å²) in [6.45, 7) is 4.32. The Bertz CT molecular complexity index is 795. The second-order valence-corrected chi connectivity index (χ2v) is 7.91. The first-order valence-corrected chi connectivity index (χ1v) is 10.7. The van der Waals surface area contributed by atoms with Gasteiger partial charge in [0.05, 0.1) is 5.92 Å². The van der Waals surface area contributed by atoms with Gasteiger partial charge >= 0.3 is 5.97 Å². The first-order valence-electron chi connectivity index (χ1n) is 10.7. The van der Waals surface area contributed by atoms with E-state index in [0.717, 1.165) is 50.5 Å². The van der Waals surface area contributed by atoms with Gasteiger partial charge in [-0.2, -0.15) is 0 Å². The van der Waals surface area contributed by atoms with Gasteiger partial charge in [-0.05, 0) is 54.4 Å². The van der Waals surface area contributed by atoms with Crippen LogP contribution in [0.2, 0.25) is 0 Å². The lowest BCUT2D eigenvalue weighted by Crippen LogP contribution is -2.28. The number of ether oxygens (including phenoxy) is 1. The molecule has 150 valence electrons. The van der Waals surface area contributed by atoms with Crippen LogP contribution in [-0.2, 0) is 30.5 Å². The molecule has 1 heterocycles. The molecule has 2 aromatic carbocycles. The molecule has 0 bridgehead atoms. The maximum absolute atomic E-state index is 15.0. The summed E-state index contributed by atoms with van der Waals surface area (Å²) >= 11 is 0. The molecule has 0 N–H and O–H groups in total. The van der Waals surface area contributed by atoms with Gasteiger partial charge in [-0.1, -0.05) is 75.9 Å². The van der Waals surface area contributed by atoms with Gasteiger partial charge in [-0.3, -0.25) is 4.79 Å². The van der Waals surface area contributed by atoms with Crippen molar-refractivity contribution in [2.45, 2.75) is 71.6 Å². The summed E-state index contributed by atoms with van der Waals surface area (Å²) in [5.41, 5.74) is 3.98. The molecule has 0 aliphatic carbocycles. The lowest BCUT2D eigenvalue weighted by molar-refractivity contribution is -0.140. The van der Waals surface area contributed by atoms with E-state index in [1.54, 1.807) is 0 Å². The summed E-state index contributed by atoms with van der Waals surface area (Å²) in [4.78, 5) is 12.3. The molecular formula is C25H31FO2. The summed E-state index contributed by atoms with van der Waals surface area (Å²) < 4.78 is 20.4. The number of unbranched alkanes of at least 4 members (excludes halogenated alkanes) is 2. The molecule has 1 unspecified atom stereocenters. The number of rotatable bonds is 9. The van der Waals surface area contributed by atoms with E-state index in [0.29, 0.717) is 18.4 Å². The Morgan fingerprint density at radius 3 is 2.32 bits per heavy atom. The summed E-state index contributed by atoms with van der Waals surface area (Å²) in [5.74, 6) is -0.606. The predicted octanol–water partition coefficient (Wildman–Crippen LogP) is 6.22. The first-order chi connectivity index (χ1) is 13.6. The van der Waals surface area contributed by atoms with E-state index in [4.69, 9.17) is 4.74 Å². The largest absolute Gasteiger partial charge is 0.423 e. The van der Waals surface area contributed by atoms with Crippen molar-refractivity contribution in [3.8, 4) is 5.75 Å². The van der Waals surface area contributed by atoms with Crippen molar-refractivity contribution in [3.05, 3.63) is 64.5 Å². The van der Waals surface area contributed by atoms with Crippen LogP contribution in [0.15, 0.2) is 36.4 Å². The van der Waals surface area contributed by atoms with Crippen molar-refractivity contribution in [1.82, 2.24) is 0 Å². The van der Waals surface area contributed by atoms with E-state index in [2.05, 4.69) is 38.1 Å². The molecule has 3 heteroatoms. The van der Waals surface area contributed by atoms with Crippen LogP contribution in [0, 0.1) is 11.7 Å². The molecule has 1 aliphatic rings. The average molecular weight is 383 g/mol. The van der Waals surface area contributed by atoms with Gasteiger partial charge in [0, 0.05) is 0 Å². The average Bonchev–Trinajstić information content (AvgIpc) is 2.70. The highest BCUT2D eigenvalue weighted by Gasteiger charge is 2.30. The molecule has 2 nitrogen and oxygen atoms in total. The Morgan fingerprint density at radius 1 is 0.929 bits per heavy atom. The lowest BCUT2D eigenvalue weighted by atomic mass is 9.90. The maximum Gasteiger partial charge on any atom is 0.314 e. The number of carbonyl (C=O) groups excluding carboxylic acids is 1. The zero-order valence-corrected chi connectivity index (χ0v) is 17.1. The standard InChI is InChI=1S/C25H31FO2/c1-3-5-6-8-22-17-21-16-15-20(23(26)24(21)28-25(22)27)14-13-19-11-9-18(7-4-2)10-12-19/h9-12,15-16,22H,3-8,13-14,17H2,1-2H3. The second kappa shape index (κ2) is 9.86. The molecule has 0 aromatic heterocycles. The van der Waals surface area contributed by atoms with E-state index in [9.17, 15) is 9.18 Å². The number of esters is 1. The van der Waals surface area contributed by atoms with Crippen LogP contribution in [0.1, 0.15) is 68.2 Å². The first kappa shape index (κ1) is 20.6. The van der Waals surface area contributed by atoms with Gasteiger partial charge in [-0.15, -0.1) is 0 Å². The number of aryl methyl sites for hydroxylation is 3. The Kier molecular flexibility index (Phi) is 7.24. The molecule has 0 saturated heterocycles. The summed E-state index contributed by atoms with van der Waals surface area (Å²) in [6, 6.07) is 12.4. The van der Waals surface area contributed by atoms with Crippen LogP contribution in [0.5, 0.6) is 5.75 Å². The molecular weight excluding hydrogens is 351 g/mol. The maximum atomic E-state index is 15.0. The zero-order chi connectivity index (χ0) is 19.9. The van der Waals surface area contributed by atoms with Gasteiger partial charge < -0.3 is 4.74 Å². The van der Waals surface area contributed by atoms with Crippen molar-refractivity contribution >= 4 is 5.97 Å². The molecule has 1 atom stereocenters. The summed E-state index contributed by atoms with van der Waals surface area (Å²) in [7, 11) is 0. The number of benzene rings is 2. The Morgan fingerprint density at radius 2 is 1.64 bits per heavy atom. The topological polar surface area (TPSA) is 26.3 Å². The van der Waals surface area contributed by atoms with E-state index < -0.39 is 0 Å². The highest BCUT2D eigenvalue weighted by Crippen LogP contribution is 2.34. The minimum atomic E-state index is -0.361. The predicted molar refractivity (Wildman–Crippen MR) is 111 cm³/mol. The van der Waals surface area contributed by atoms with Crippen LogP contribution in [-0.4, -0.2) is 5.97 Å². The van der Waals surface area contributed by atoms with Crippen LogP contribution < -0.4 is 4.74 Å². The number of hydrogen-bond donors (Lipinski definition) is 0. The molecule has 28 heavy (non-hydrogen) atoms. The summed E-state index contributed by atoms with van der Waals surface area (Å²) in [6.07, 6.45) is 8.27. The fourth-order valence-corrected chi connectivity index (χ4v) is 3.93. The third-order valence-corrected chi connectivity index (χ3v) is 5.66.